The van der Waals surface area contributed by atoms with Crippen molar-refractivity contribution < 1.29 is 23.9 Å². The van der Waals surface area contributed by atoms with Crippen LogP contribution >= 0.6 is 46.3 Å². The van der Waals surface area contributed by atoms with Gasteiger partial charge in [0.1, 0.15) is 11.8 Å². The molecule has 0 saturated carbocycles. The Kier molecular flexibility index (Phi) is 8.34. The van der Waals surface area contributed by atoms with Crippen LogP contribution in [-0.2, 0) is 25.7 Å². The van der Waals surface area contributed by atoms with E-state index in [1.807, 2.05) is 0 Å². The highest BCUT2D eigenvalue weighted by Crippen LogP contribution is 2.53. The number of thiazole rings is 1. The Morgan fingerprint density at radius 2 is 1.80 bits per heavy atom. The van der Waals surface area contributed by atoms with E-state index >= 15 is 0 Å². The monoisotopic (exact) mass is 668 g/mol. The Morgan fingerprint density at radius 3 is 2.48 bits per heavy atom. The summed E-state index contributed by atoms with van der Waals surface area (Å²) in [4.78, 5) is 71.9. The third-order valence-electron chi connectivity index (χ3n) is 7.23. The maximum atomic E-state index is 14.0. The molecule has 0 radical (unpaired) electrons. The molecule has 44 heavy (non-hydrogen) atoms. The van der Waals surface area contributed by atoms with Gasteiger partial charge in [-0.25, -0.2) is 9.69 Å². The Hall–Kier alpha value is -3.97. The van der Waals surface area contributed by atoms with E-state index < -0.39 is 45.6 Å². The van der Waals surface area contributed by atoms with Gasteiger partial charge in [-0.2, -0.15) is 0 Å². The van der Waals surface area contributed by atoms with Gasteiger partial charge in [0.05, 0.1) is 38.8 Å². The molecular weight excluding hydrogens is 647 g/mol. The number of hydrogen-bond donors (Lipinski definition) is 1. The molecule has 3 amide bonds. The maximum absolute atomic E-state index is 14.0. The number of esters is 1. The van der Waals surface area contributed by atoms with Crippen LogP contribution in [0.3, 0.4) is 0 Å². The van der Waals surface area contributed by atoms with E-state index in [-0.39, 0.29) is 18.2 Å². The molecular formula is C30H22Cl2N4O6S2. The van der Waals surface area contributed by atoms with Crippen LogP contribution in [0.5, 0.6) is 0 Å². The minimum absolute atomic E-state index is 0.215. The van der Waals surface area contributed by atoms with Gasteiger partial charge in [0.2, 0.25) is 17.7 Å². The van der Waals surface area contributed by atoms with E-state index in [2.05, 4.69) is 10.3 Å². The van der Waals surface area contributed by atoms with Crippen molar-refractivity contribution >= 4 is 81.4 Å². The molecule has 2 aliphatic heterocycles. The quantitative estimate of drug-likeness (QED) is 0.210. The van der Waals surface area contributed by atoms with Crippen molar-refractivity contribution in [2.45, 2.75) is 29.7 Å². The van der Waals surface area contributed by atoms with E-state index in [0.29, 0.717) is 37.4 Å². The first-order chi connectivity index (χ1) is 21.2. The fourth-order valence-electron chi connectivity index (χ4n) is 5.31. The Labute approximate surface area is 268 Å². The molecule has 2 aliphatic rings. The molecule has 3 atom stereocenters. The van der Waals surface area contributed by atoms with Gasteiger partial charge < -0.3 is 10.1 Å². The average Bonchev–Trinajstić information content (AvgIpc) is 3.45. The van der Waals surface area contributed by atoms with Gasteiger partial charge in [-0.3, -0.25) is 28.7 Å². The number of anilines is 2. The number of imide groups is 1. The molecule has 224 valence electrons. The van der Waals surface area contributed by atoms with E-state index in [9.17, 15) is 24.0 Å². The van der Waals surface area contributed by atoms with Gasteiger partial charge in [-0.1, -0.05) is 52.4 Å². The summed E-state index contributed by atoms with van der Waals surface area (Å²) >= 11 is 14.1. The number of hydrogen-bond acceptors (Lipinski definition) is 9. The number of aromatic nitrogens is 2. The van der Waals surface area contributed by atoms with Crippen LogP contribution in [0.15, 0.2) is 76.8 Å². The number of amides is 3. The van der Waals surface area contributed by atoms with E-state index in [1.165, 1.54) is 34.9 Å². The number of ether oxygens (including phenoxy) is 1. The molecule has 2 aromatic carbocycles. The van der Waals surface area contributed by atoms with Crippen molar-refractivity contribution in [1.82, 2.24) is 9.55 Å². The van der Waals surface area contributed by atoms with Gasteiger partial charge >= 0.3 is 10.8 Å². The Morgan fingerprint density at radius 1 is 1.02 bits per heavy atom. The lowest BCUT2D eigenvalue weighted by molar-refractivity contribution is -0.122. The summed E-state index contributed by atoms with van der Waals surface area (Å²) in [5.41, 5.74) is 1.68. The lowest BCUT2D eigenvalue weighted by Gasteiger charge is -2.30. The molecule has 2 aromatic heterocycles. The van der Waals surface area contributed by atoms with Gasteiger partial charge in [0.15, 0.2) is 0 Å². The highest BCUT2D eigenvalue weighted by Gasteiger charge is 2.57. The van der Waals surface area contributed by atoms with Gasteiger partial charge in [-0.05, 0) is 61.0 Å². The molecule has 6 rings (SSSR count). The third kappa shape index (κ3) is 5.43. The fraction of sp³-hybridized carbons (Fsp3) is 0.200. The average molecular weight is 670 g/mol. The van der Waals surface area contributed by atoms with Crippen LogP contribution in [0.25, 0.3) is 0 Å². The topological polar surface area (TPSA) is 128 Å². The van der Waals surface area contributed by atoms with Crippen LogP contribution in [0.2, 0.25) is 10.0 Å². The summed E-state index contributed by atoms with van der Waals surface area (Å²) in [5, 5.41) is 2.89. The second-order valence-corrected chi connectivity index (χ2v) is 12.8. The molecule has 1 N–H and O–H groups in total. The van der Waals surface area contributed by atoms with Crippen LogP contribution < -0.4 is 15.1 Å². The molecule has 4 aromatic rings. The van der Waals surface area contributed by atoms with Crippen LogP contribution in [0.4, 0.5) is 11.4 Å². The standard InChI is InChI=1S/C30H22Cl2N4O6S2/c1-2-42-29(40)15-5-8-18(9-6-15)36-26(38)23-22(16-4-3-11-33-13-16)25-28(43-24(23)27(36)39)35(30(41)44-25)14-21(37)34-17-7-10-19(31)20(32)12-17/h3-13,22-24H,2,14H2,1H3,(H,34,37). The van der Waals surface area contributed by atoms with Crippen molar-refractivity contribution in [2.24, 2.45) is 5.92 Å². The molecule has 14 heteroatoms. The lowest BCUT2D eigenvalue weighted by atomic mass is 9.84. The van der Waals surface area contributed by atoms with Crippen LogP contribution in [0.1, 0.15) is 33.6 Å². The number of rotatable bonds is 7. The summed E-state index contributed by atoms with van der Waals surface area (Å²) in [5.74, 6) is -3.36. The van der Waals surface area contributed by atoms with Crippen molar-refractivity contribution in [3.63, 3.8) is 0 Å². The van der Waals surface area contributed by atoms with E-state index in [4.69, 9.17) is 27.9 Å². The third-order valence-corrected chi connectivity index (χ3v) is 10.6. The summed E-state index contributed by atoms with van der Waals surface area (Å²) in [6.45, 7) is 1.59. The number of thioether (sulfide) groups is 1. The summed E-state index contributed by atoms with van der Waals surface area (Å²) < 4.78 is 6.36. The first-order valence-electron chi connectivity index (χ1n) is 13.4. The number of benzene rings is 2. The van der Waals surface area contributed by atoms with Crippen LogP contribution in [0, 0.1) is 5.92 Å². The Bertz CT molecular complexity index is 1860. The normalized spacial score (nSPS) is 19.0. The van der Waals surface area contributed by atoms with E-state index in [1.54, 1.807) is 43.6 Å². The SMILES string of the molecule is CCOC(=O)c1ccc(N2C(=O)C3Sc4c(sc(=O)n4CC(=O)Nc4ccc(Cl)c(Cl)c4)C(c4cccnc4)C3C2=O)cc1. The predicted octanol–water partition coefficient (Wildman–Crippen LogP) is 5.22. The van der Waals surface area contributed by atoms with Crippen molar-refractivity contribution in [1.29, 1.82) is 0 Å². The lowest BCUT2D eigenvalue weighted by Crippen LogP contribution is -2.33. The highest BCUT2D eigenvalue weighted by atomic mass is 35.5. The first-order valence-corrected chi connectivity index (χ1v) is 15.8. The molecule has 1 saturated heterocycles. The molecule has 10 nitrogen and oxygen atoms in total. The van der Waals surface area contributed by atoms with Crippen molar-refractivity contribution in [3.05, 3.63) is 103 Å². The zero-order valence-corrected chi connectivity index (χ0v) is 26.0. The Balaban J connectivity index is 1.35. The van der Waals surface area contributed by atoms with E-state index in [0.717, 1.165) is 28.0 Å². The zero-order chi connectivity index (χ0) is 31.1. The number of nitrogens with one attached hydrogen (secondary N) is 1. The zero-order valence-electron chi connectivity index (χ0n) is 22.9. The number of carbonyl (C=O) groups is 4. The number of fused-ring (bicyclic) bond motifs is 2. The number of pyridine rings is 1. The minimum Gasteiger partial charge on any atom is -0.462 e. The molecule has 4 heterocycles. The molecule has 0 aliphatic carbocycles. The highest BCUT2D eigenvalue weighted by molar-refractivity contribution is 8.00. The van der Waals surface area contributed by atoms with Gasteiger partial charge in [0.25, 0.3) is 0 Å². The van der Waals surface area contributed by atoms with Crippen molar-refractivity contribution in [2.75, 3.05) is 16.8 Å². The second kappa shape index (κ2) is 12.2. The largest absolute Gasteiger partial charge is 0.462 e. The van der Waals surface area contributed by atoms with Gasteiger partial charge in [-0.15, -0.1) is 0 Å². The molecule has 1 fully saturated rings. The molecule has 0 bridgehead atoms. The second-order valence-electron chi connectivity index (χ2n) is 9.91. The minimum atomic E-state index is -0.872. The summed E-state index contributed by atoms with van der Waals surface area (Å²) in [7, 11) is 0. The fourth-order valence-corrected chi connectivity index (χ4v) is 8.38. The van der Waals surface area contributed by atoms with Crippen molar-refractivity contribution in [3.8, 4) is 0 Å². The number of carbonyl (C=O) groups excluding carboxylic acids is 4. The smallest absolute Gasteiger partial charge is 0.338 e. The first kappa shape index (κ1) is 30.1. The number of nitrogens with zero attached hydrogens (tertiary/aromatic N) is 3. The maximum Gasteiger partial charge on any atom is 0.338 e. The number of halogens is 2. The predicted molar refractivity (Wildman–Crippen MR) is 168 cm³/mol. The molecule has 0 spiro atoms. The summed E-state index contributed by atoms with van der Waals surface area (Å²) in [6, 6.07) is 14.2. The van der Waals surface area contributed by atoms with Gasteiger partial charge in [0, 0.05) is 28.9 Å². The molecule has 3 unspecified atom stereocenters. The van der Waals surface area contributed by atoms with Crippen LogP contribution in [-0.4, -0.2) is 45.1 Å². The summed E-state index contributed by atoms with van der Waals surface area (Å²) in [6.07, 6.45) is 3.21.